The van der Waals surface area contributed by atoms with Crippen molar-refractivity contribution in [3.63, 3.8) is 0 Å². The summed E-state index contributed by atoms with van der Waals surface area (Å²) >= 11 is 1.49. The fourth-order valence-corrected chi connectivity index (χ4v) is 2.59. The summed E-state index contributed by atoms with van der Waals surface area (Å²) in [5.74, 6) is -6.22. The van der Waals surface area contributed by atoms with Crippen LogP contribution in [0.2, 0.25) is 0 Å². The summed E-state index contributed by atoms with van der Waals surface area (Å²) in [7, 11) is 0. The standard InChI is InChI=1S/C16H26N4O9S/c1-30-5-4-8(17)14(26)18-7-11(21)19-10(6-13(24)25)15(27)20-9(16(28)29)2-3-12(22)23/h8-10H,2-7,17H2,1H3,(H,18,26)(H,19,21)(H,20,27)(H,22,23)(H,24,25)(H,28,29)/t8-,9-,10-/m0/s1. The normalized spacial score (nSPS) is 13.4. The average molecular weight is 450 g/mol. The molecule has 0 aromatic rings. The summed E-state index contributed by atoms with van der Waals surface area (Å²) in [5.41, 5.74) is 5.64. The summed E-state index contributed by atoms with van der Waals surface area (Å²) in [4.78, 5) is 68.7. The van der Waals surface area contributed by atoms with Gasteiger partial charge in [-0.2, -0.15) is 11.8 Å². The van der Waals surface area contributed by atoms with Gasteiger partial charge in [0.2, 0.25) is 17.7 Å². The summed E-state index contributed by atoms with van der Waals surface area (Å²) in [5, 5.41) is 33.0. The quantitative estimate of drug-likeness (QED) is 0.139. The summed E-state index contributed by atoms with van der Waals surface area (Å²) in [6.07, 6.45) is 0.377. The van der Waals surface area contributed by atoms with Crippen LogP contribution in [0.1, 0.15) is 25.7 Å². The third kappa shape index (κ3) is 11.9. The van der Waals surface area contributed by atoms with Gasteiger partial charge in [-0.05, 0) is 24.9 Å². The van der Waals surface area contributed by atoms with Crippen molar-refractivity contribution >= 4 is 47.4 Å². The Labute approximate surface area is 176 Å². The molecule has 8 N–H and O–H groups in total. The number of carboxylic acids is 3. The van der Waals surface area contributed by atoms with Crippen LogP contribution in [0.5, 0.6) is 0 Å². The van der Waals surface area contributed by atoms with E-state index in [4.69, 9.17) is 21.1 Å². The number of amides is 3. The molecule has 0 aromatic heterocycles. The number of hydrogen-bond donors (Lipinski definition) is 7. The molecule has 0 fully saturated rings. The number of thioether (sulfide) groups is 1. The van der Waals surface area contributed by atoms with Gasteiger partial charge in [0.05, 0.1) is 19.0 Å². The third-order valence-corrected chi connectivity index (χ3v) is 4.33. The van der Waals surface area contributed by atoms with Gasteiger partial charge in [0.1, 0.15) is 12.1 Å². The van der Waals surface area contributed by atoms with E-state index in [9.17, 15) is 28.8 Å². The van der Waals surface area contributed by atoms with E-state index in [2.05, 4.69) is 10.6 Å². The Bertz CT molecular complexity index is 659. The van der Waals surface area contributed by atoms with E-state index in [1.807, 2.05) is 11.6 Å². The lowest BCUT2D eigenvalue weighted by Gasteiger charge is -2.20. The SMILES string of the molecule is CSCC[C@H](N)C(=O)NCC(=O)N[C@@H](CC(=O)O)C(=O)N[C@@H](CCC(=O)O)C(=O)O. The molecule has 3 atom stereocenters. The summed E-state index contributed by atoms with van der Waals surface area (Å²) in [6, 6.07) is -4.06. The molecule has 0 radical (unpaired) electrons. The molecule has 0 aromatic carbocycles. The van der Waals surface area contributed by atoms with Crippen LogP contribution in [-0.4, -0.2) is 87.6 Å². The van der Waals surface area contributed by atoms with E-state index in [0.29, 0.717) is 12.2 Å². The van der Waals surface area contributed by atoms with Gasteiger partial charge in [-0.1, -0.05) is 0 Å². The average Bonchev–Trinajstić information content (AvgIpc) is 2.65. The Kier molecular flexibility index (Phi) is 12.8. The first-order chi connectivity index (χ1) is 14.0. The molecular weight excluding hydrogens is 424 g/mol. The second-order valence-electron chi connectivity index (χ2n) is 6.16. The van der Waals surface area contributed by atoms with Gasteiger partial charge in [-0.15, -0.1) is 0 Å². The van der Waals surface area contributed by atoms with Crippen molar-refractivity contribution < 1.29 is 44.1 Å². The Morgan fingerprint density at radius 3 is 2.03 bits per heavy atom. The lowest BCUT2D eigenvalue weighted by atomic mass is 10.1. The number of carboxylic acid groups (broad SMARTS) is 3. The number of nitrogens with one attached hydrogen (secondary N) is 3. The molecule has 0 unspecified atom stereocenters. The molecule has 0 aliphatic carbocycles. The van der Waals surface area contributed by atoms with E-state index in [1.165, 1.54) is 11.8 Å². The van der Waals surface area contributed by atoms with Crippen LogP contribution in [0.15, 0.2) is 0 Å². The van der Waals surface area contributed by atoms with Crippen LogP contribution < -0.4 is 21.7 Å². The van der Waals surface area contributed by atoms with Crippen molar-refractivity contribution in [2.24, 2.45) is 5.73 Å². The first kappa shape index (κ1) is 27.1. The highest BCUT2D eigenvalue weighted by Crippen LogP contribution is 2.02. The molecule has 0 bridgehead atoms. The van der Waals surface area contributed by atoms with E-state index in [-0.39, 0.29) is 0 Å². The predicted octanol–water partition coefficient (Wildman–Crippen LogP) is -2.42. The number of rotatable bonds is 15. The first-order valence-corrected chi connectivity index (χ1v) is 10.2. The molecule has 0 aliphatic rings. The number of carbonyl (C=O) groups is 6. The monoisotopic (exact) mass is 450 g/mol. The highest BCUT2D eigenvalue weighted by Gasteiger charge is 2.28. The minimum Gasteiger partial charge on any atom is -0.481 e. The molecule has 0 heterocycles. The van der Waals surface area contributed by atoms with Crippen molar-refractivity contribution in [3.8, 4) is 0 Å². The van der Waals surface area contributed by atoms with Crippen LogP contribution in [0, 0.1) is 0 Å². The number of carbonyl (C=O) groups excluding carboxylic acids is 3. The Balaban J connectivity index is 4.89. The van der Waals surface area contributed by atoms with Gasteiger partial charge < -0.3 is 37.0 Å². The van der Waals surface area contributed by atoms with Crippen molar-refractivity contribution in [3.05, 3.63) is 0 Å². The van der Waals surface area contributed by atoms with Crippen LogP contribution in [0.25, 0.3) is 0 Å². The van der Waals surface area contributed by atoms with Crippen molar-refractivity contribution in [1.29, 1.82) is 0 Å². The van der Waals surface area contributed by atoms with Crippen LogP contribution in [-0.2, 0) is 28.8 Å². The second kappa shape index (κ2) is 14.2. The minimum absolute atomic E-state index is 0.381. The van der Waals surface area contributed by atoms with Gasteiger partial charge in [0.25, 0.3) is 0 Å². The predicted molar refractivity (Wildman–Crippen MR) is 105 cm³/mol. The number of hydrogen-bond acceptors (Lipinski definition) is 8. The van der Waals surface area contributed by atoms with Crippen molar-refractivity contribution in [2.45, 2.75) is 43.8 Å². The molecule has 170 valence electrons. The van der Waals surface area contributed by atoms with E-state index < -0.39 is 79.6 Å². The topological polar surface area (TPSA) is 225 Å². The molecule has 0 saturated carbocycles. The fourth-order valence-electron chi connectivity index (χ4n) is 2.10. The van der Waals surface area contributed by atoms with Gasteiger partial charge in [0, 0.05) is 6.42 Å². The Morgan fingerprint density at radius 1 is 0.900 bits per heavy atom. The molecule has 0 saturated heterocycles. The van der Waals surface area contributed by atoms with Crippen LogP contribution in [0.3, 0.4) is 0 Å². The zero-order chi connectivity index (χ0) is 23.3. The molecule has 3 amide bonds. The zero-order valence-corrected chi connectivity index (χ0v) is 17.1. The molecule has 0 rings (SSSR count). The zero-order valence-electron chi connectivity index (χ0n) is 16.3. The molecule has 30 heavy (non-hydrogen) atoms. The van der Waals surface area contributed by atoms with Crippen molar-refractivity contribution in [1.82, 2.24) is 16.0 Å². The molecule has 14 heteroatoms. The summed E-state index contributed by atoms with van der Waals surface area (Å²) < 4.78 is 0. The lowest BCUT2D eigenvalue weighted by Crippen LogP contribution is -2.54. The largest absolute Gasteiger partial charge is 0.481 e. The van der Waals surface area contributed by atoms with Crippen molar-refractivity contribution in [2.75, 3.05) is 18.6 Å². The molecule has 0 aliphatic heterocycles. The highest BCUT2D eigenvalue weighted by atomic mass is 32.2. The maximum Gasteiger partial charge on any atom is 0.326 e. The van der Waals surface area contributed by atoms with Gasteiger partial charge in [-0.3, -0.25) is 24.0 Å². The second-order valence-corrected chi connectivity index (χ2v) is 7.14. The molecular formula is C16H26N4O9S. The fraction of sp³-hybridized carbons (Fsp3) is 0.625. The molecule has 13 nitrogen and oxygen atoms in total. The van der Waals surface area contributed by atoms with E-state index >= 15 is 0 Å². The van der Waals surface area contributed by atoms with E-state index in [0.717, 1.165) is 0 Å². The van der Waals surface area contributed by atoms with Gasteiger partial charge in [-0.25, -0.2) is 4.79 Å². The smallest absolute Gasteiger partial charge is 0.326 e. The third-order valence-electron chi connectivity index (χ3n) is 3.68. The molecule has 0 spiro atoms. The Morgan fingerprint density at radius 2 is 1.53 bits per heavy atom. The van der Waals surface area contributed by atoms with Crippen LogP contribution >= 0.6 is 11.8 Å². The lowest BCUT2D eigenvalue weighted by molar-refractivity contribution is -0.144. The summed E-state index contributed by atoms with van der Waals surface area (Å²) in [6.45, 7) is -0.573. The maximum atomic E-state index is 12.2. The first-order valence-electron chi connectivity index (χ1n) is 8.76. The number of aliphatic carboxylic acids is 3. The number of nitrogens with two attached hydrogens (primary N) is 1. The van der Waals surface area contributed by atoms with Crippen LogP contribution in [0.4, 0.5) is 0 Å². The maximum absolute atomic E-state index is 12.2. The van der Waals surface area contributed by atoms with Gasteiger partial charge >= 0.3 is 17.9 Å². The van der Waals surface area contributed by atoms with E-state index in [1.54, 1.807) is 0 Å². The minimum atomic E-state index is -1.64. The van der Waals surface area contributed by atoms with Gasteiger partial charge in [0.15, 0.2) is 0 Å². The highest BCUT2D eigenvalue weighted by molar-refractivity contribution is 7.98. The Hall–Kier alpha value is -2.87.